The number of thioether (sulfide) groups is 1. The standard InChI is InChI=1S/C15H20O4S/c1-18-11-7-6-10(13(20-3)12(11)19-2)15(14(16)17)8-4-5-9-15/h6-7H,4-5,8-9H2,1-3H3,(H,16,17). The third kappa shape index (κ3) is 2.24. The molecule has 1 saturated carbocycles. The number of aliphatic carboxylic acids is 1. The number of hydrogen-bond donors (Lipinski definition) is 1. The van der Waals surface area contributed by atoms with Gasteiger partial charge in [-0.25, -0.2) is 0 Å². The van der Waals surface area contributed by atoms with E-state index in [1.165, 1.54) is 11.8 Å². The second-order valence-electron chi connectivity index (χ2n) is 4.98. The summed E-state index contributed by atoms with van der Waals surface area (Å²) in [6, 6.07) is 3.68. The molecule has 0 bridgehead atoms. The molecule has 4 nitrogen and oxygen atoms in total. The predicted octanol–water partition coefficient (Wildman–Crippen LogP) is 3.32. The van der Waals surface area contributed by atoms with Gasteiger partial charge in [0.25, 0.3) is 0 Å². The van der Waals surface area contributed by atoms with Crippen LogP contribution in [0, 0.1) is 0 Å². The second-order valence-corrected chi connectivity index (χ2v) is 5.79. The van der Waals surface area contributed by atoms with Gasteiger partial charge in [-0.3, -0.25) is 4.79 Å². The number of benzene rings is 1. The van der Waals surface area contributed by atoms with Gasteiger partial charge in [-0.2, -0.15) is 0 Å². The average Bonchev–Trinajstić information content (AvgIpc) is 2.96. The fourth-order valence-corrected chi connectivity index (χ4v) is 3.91. The minimum absolute atomic E-state index is 0.630. The largest absolute Gasteiger partial charge is 0.493 e. The molecule has 1 aliphatic rings. The average molecular weight is 296 g/mol. The molecule has 5 heteroatoms. The maximum absolute atomic E-state index is 11.9. The molecule has 1 aliphatic carbocycles. The molecule has 0 saturated heterocycles. The van der Waals surface area contributed by atoms with Crippen molar-refractivity contribution in [1.29, 1.82) is 0 Å². The van der Waals surface area contributed by atoms with Gasteiger partial charge in [0.15, 0.2) is 11.5 Å². The molecule has 0 atom stereocenters. The van der Waals surface area contributed by atoms with Gasteiger partial charge in [0.1, 0.15) is 0 Å². The topological polar surface area (TPSA) is 55.8 Å². The molecule has 0 spiro atoms. The highest BCUT2D eigenvalue weighted by Gasteiger charge is 2.45. The van der Waals surface area contributed by atoms with E-state index in [0.29, 0.717) is 24.3 Å². The Morgan fingerprint density at radius 1 is 1.25 bits per heavy atom. The van der Waals surface area contributed by atoms with Crippen LogP contribution in [-0.4, -0.2) is 31.6 Å². The maximum Gasteiger partial charge on any atom is 0.314 e. The first-order valence-corrected chi connectivity index (χ1v) is 7.86. The van der Waals surface area contributed by atoms with E-state index in [9.17, 15) is 9.90 Å². The molecule has 1 aromatic rings. The van der Waals surface area contributed by atoms with Crippen molar-refractivity contribution in [2.45, 2.75) is 36.0 Å². The highest BCUT2D eigenvalue weighted by molar-refractivity contribution is 7.98. The van der Waals surface area contributed by atoms with Gasteiger partial charge < -0.3 is 14.6 Å². The highest BCUT2D eigenvalue weighted by Crippen LogP contribution is 2.49. The quantitative estimate of drug-likeness (QED) is 0.845. The van der Waals surface area contributed by atoms with Gasteiger partial charge in [-0.1, -0.05) is 18.9 Å². The van der Waals surface area contributed by atoms with E-state index in [4.69, 9.17) is 9.47 Å². The maximum atomic E-state index is 11.9. The fraction of sp³-hybridized carbons (Fsp3) is 0.533. The lowest BCUT2D eigenvalue weighted by molar-refractivity contribution is -0.143. The van der Waals surface area contributed by atoms with E-state index in [1.54, 1.807) is 20.3 Å². The Labute approximate surface area is 123 Å². The first-order chi connectivity index (χ1) is 9.60. The van der Waals surface area contributed by atoms with Crippen molar-refractivity contribution >= 4 is 17.7 Å². The van der Waals surface area contributed by atoms with Crippen LogP contribution >= 0.6 is 11.8 Å². The Kier molecular flexibility index (Phi) is 4.48. The molecule has 0 heterocycles. The first-order valence-electron chi connectivity index (χ1n) is 6.63. The smallest absolute Gasteiger partial charge is 0.314 e. The second kappa shape index (κ2) is 5.95. The monoisotopic (exact) mass is 296 g/mol. The molecule has 0 aromatic heterocycles. The van der Waals surface area contributed by atoms with Gasteiger partial charge >= 0.3 is 5.97 Å². The van der Waals surface area contributed by atoms with Crippen LogP contribution in [0.2, 0.25) is 0 Å². The number of hydrogen-bond acceptors (Lipinski definition) is 4. The summed E-state index contributed by atoms with van der Waals surface area (Å²) in [5, 5.41) is 9.75. The van der Waals surface area contributed by atoms with E-state index >= 15 is 0 Å². The van der Waals surface area contributed by atoms with Gasteiger partial charge in [0.2, 0.25) is 0 Å². The van der Waals surface area contributed by atoms with Crippen molar-refractivity contribution in [1.82, 2.24) is 0 Å². The van der Waals surface area contributed by atoms with E-state index in [1.807, 2.05) is 12.3 Å². The Morgan fingerprint density at radius 2 is 1.90 bits per heavy atom. The van der Waals surface area contributed by atoms with E-state index in [-0.39, 0.29) is 0 Å². The number of rotatable bonds is 5. The van der Waals surface area contributed by atoms with Crippen LogP contribution in [0.25, 0.3) is 0 Å². The van der Waals surface area contributed by atoms with Gasteiger partial charge in [0, 0.05) is 0 Å². The van der Waals surface area contributed by atoms with E-state index < -0.39 is 11.4 Å². The summed E-state index contributed by atoms with van der Waals surface area (Å²) in [6.07, 6.45) is 5.21. The van der Waals surface area contributed by atoms with Gasteiger partial charge in [0.05, 0.1) is 24.5 Å². The van der Waals surface area contributed by atoms with Crippen LogP contribution < -0.4 is 9.47 Å². The fourth-order valence-electron chi connectivity index (χ4n) is 3.06. The summed E-state index contributed by atoms with van der Waals surface area (Å²) in [5.41, 5.74) is 0.0744. The summed E-state index contributed by atoms with van der Waals surface area (Å²) in [7, 11) is 3.17. The van der Waals surface area contributed by atoms with Crippen LogP contribution in [0.4, 0.5) is 0 Å². The van der Waals surface area contributed by atoms with Crippen LogP contribution in [0.1, 0.15) is 31.2 Å². The number of methoxy groups -OCH3 is 2. The van der Waals surface area contributed by atoms with Crippen molar-refractivity contribution in [2.75, 3.05) is 20.5 Å². The predicted molar refractivity (Wildman–Crippen MR) is 79.1 cm³/mol. The minimum Gasteiger partial charge on any atom is -0.493 e. The Hall–Kier alpha value is -1.36. The van der Waals surface area contributed by atoms with Crippen molar-refractivity contribution < 1.29 is 19.4 Å². The van der Waals surface area contributed by atoms with Crippen molar-refractivity contribution in [3.05, 3.63) is 17.7 Å². The van der Waals surface area contributed by atoms with E-state index in [0.717, 1.165) is 23.3 Å². The van der Waals surface area contributed by atoms with Crippen molar-refractivity contribution in [3.63, 3.8) is 0 Å². The molecule has 1 N–H and O–H groups in total. The van der Waals surface area contributed by atoms with Crippen LogP contribution in [0.3, 0.4) is 0 Å². The molecular weight excluding hydrogens is 276 g/mol. The number of ether oxygens (including phenoxy) is 2. The van der Waals surface area contributed by atoms with Gasteiger partial charge in [-0.15, -0.1) is 11.8 Å². The van der Waals surface area contributed by atoms with E-state index in [2.05, 4.69) is 0 Å². The Bertz CT molecular complexity index is 507. The van der Waals surface area contributed by atoms with Crippen LogP contribution in [0.15, 0.2) is 17.0 Å². The summed E-state index contributed by atoms with van der Waals surface area (Å²) >= 11 is 1.51. The highest BCUT2D eigenvalue weighted by atomic mass is 32.2. The zero-order chi connectivity index (χ0) is 14.8. The number of carbonyl (C=O) groups is 1. The lowest BCUT2D eigenvalue weighted by atomic mass is 9.78. The molecule has 0 radical (unpaired) electrons. The van der Waals surface area contributed by atoms with Crippen molar-refractivity contribution in [3.8, 4) is 11.5 Å². The normalized spacial score (nSPS) is 16.9. The third-order valence-electron chi connectivity index (χ3n) is 4.09. The number of carboxylic acids is 1. The first kappa shape index (κ1) is 15.0. The number of carboxylic acid groups (broad SMARTS) is 1. The summed E-state index contributed by atoms with van der Waals surface area (Å²) in [4.78, 5) is 12.7. The van der Waals surface area contributed by atoms with Gasteiger partial charge in [-0.05, 0) is 30.7 Å². The molecule has 0 amide bonds. The zero-order valence-electron chi connectivity index (χ0n) is 12.1. The summed E-state index contributed by atoms with van der Waals surface area (Å²) in [6.45, 7) is 0. The SMILES string of the molecule is COc1ccc(C2(C(=O)O)CCCC2)c(SC)c1OC. The summed E-state index contributed by atoms with van der Waals surface area (Å²) in [5.74, 6) is 0.529. The van der Waals surface area contributed by atoms with Crippen LogP contribution in [-0.2, 0) is 10.2 Å². The molecule has 1 fully saturated rings. The molecule has 2 rings (SSSR count). The molecule has 0 aliphatic heterocycles. The molecular formula is C15H20O4S. The summed E-state index contributed by atoms with van der Waals surface area (Å²) < 4.78 is 10.7. The molecule has 1 aromatic carbocycles. The molecule has 20 heavy (non-hydrogen) atoms. The minimum atomic E-state index is -0.780. The third-order valence-corrected chi connectivity index (χ3v) is 4.90. The lowest BCUT2D eigenvalue weighted by Gasteiger charge is -2.28. The Balaban J connectivity index is 2.64. The van der Waals surface area contributed by atoms with Crippen molar-refractivity contribution in [2.24, 2.45) is 0 Å². The lowest BCUT2D eigenvalue weighted by Crippen LogP contribution is -2.33. The molecule has 110 valence electrons. The zero-order valence-corrected chi connectivity index (χ0v) is 12.9. The Morgan fingerprint density at radius 3 is 2.35 bits per heavy atom. The van der Waals surface area contributed by atoms with Crippen LogP contribution in [0.5, 0.6) is 11.5 Å². The molecule has 0 unspecified atom stereocenters.